The molecule has 3 nitrogen and oxygen atoms in total. The zero-order valence-corrected chi connectivity index (χ0v) is 10.8. The Balaban J connectivity index is 1.89. The molecule has 1 saturated heterocycles. The Morgan fingerprint density at radius 1 is 1.25 bits per heavy atom. The Hall–Kier alpha value is -0.120. The highest BCUT2D eigenvalue weighted by Crippen LogP contribution is 2.07. The van der Waals surface area contributed by atoms with Crippen LogP contribution in [0, 0.1) is 5.92 Å². The van der Waals surface area contributed by atoms with Crippen LogP contribution in [0.3, 0.4) is 0 Å². The molecular formula is C13H27NO2. The fourth-order valence-electron chi connectivity index (χ4n) is 1.86. The van der Waals surface area contributed by atoms with Crippen LogP contribution in [0.15, 0.2) is 0 Å². The van der Waals surface area contributed by atoms with Crippen LogP contribution < -0.4 is 5.32 Å². The van der Waals surface area contributed by atoms with Gasteiger partial charge in [0, 0.05) is 32.4 Å². The van der Waals surface area contributed by atoms with Crippen LogP contribution in [0.5, 0.6) is 0 Å². The molecule has 0 aromatic heterocycles. The van der Waals surface area contributed by atoms with E-state index in [4.69, 9.17) is 9.47 Å². The van der Waals surface area contributed by atoms with Gasteiger partial charge in [-0.05, 0) is 31.6 Å². The summed E-state index contributed by atoms with van der Waals surface area (Å²) in [6.07, 6.45) is 4.74. The van der Waals surface area contributed by atoms with E-state index in [1.165, 1.54) is 12.8 Å². The second kappa shape index (κ2) is 8.97. The largest absolute Gasteiger partial charge is 0.381 e. The molecule has 0 saturated carbocycles. The maximum Gasteiger partial charge on any atom is 0.0591 e. The molecule has 0 amide bonds. The molecule has 0 radical (unpaired) electrons. The molecule has 1 rings (SSSR count). The van der Waals surface area contributed by atoms with Gasteiger partial charge in [0.25, 0.3) is 0 Å². The number of hydrogen-bond acceptors (Lipinski definition) is 3. The third-order valence-corrected chi connectivity index (χ3v) is 2.97. The van der Waals surface area contributed by atoms with Gasteiger partial charge in [-0.1, -0.05) is 13.8 Å². The van der Waals surface area contributed by atoms with Gasteiger partial charge in [-0.3, -0.25) is 0 Å². The van der Waals surface area contributed by atoms with Crippen LogP contribution in [-0.4, -0.2) is 39.0 Å². The summed E-state index contributed by atoms with van der Waals surface area (Å²) in [5.74, 6) is 0.743. The molecule has 1 aliphatic rings. The molecule has 1 heterocycles. The van der Waals surface area contributed by atoms with Crippen molar-refractivity contribution in [2.45, 2.75) is 45.6 Å². The van der Waals surface area contributed by atoms with Gasteiger partial charge in [0.2, 0.25) is 0 Å². The van der Waals surface area contributed by atoms with E-state index in [9.17, 15) is 0 Å². The molecule has 0 bridgehead atoms. The second-order valence-electron chi connectivity index (χ2n) is 4.99. The average Bonchev–Trinajstić information content (AvgIpc) is 2.51. The first-order valence-corrected chi connectivity index (χ1v) is 6.68. The van der Waals surface area contributed by atoms with Crippen LogP contribution in [-0.2, 0) is 9.47 Å². The minimum atomic E-state index is 0.635. The van der Waals surface area contributed by atoms with Gasteiger partial charge in [0.15, 0.2) is 0 Å². The fourth-order valence-corrected chi connectivity index (χ4v) is 1.86. The highest BCUT2D eigenvalue weighted by atomic mass is 16.5. The zero-order valence-electron chi connectivity index (χ0n) is 10.8. The first-order chi connectivity index (χ1) is 7.79. The van der Waals surface area contributed by atoms with Crippen LogP contribution in [0.4, 0.5) is 0 Å². The Bertz CT molecular complexity index is 154. The molecule has 16 heavy (non-hydrogen) atoms. The Labute approximate surface area is 99.9 Å². The SMILES string of the molecule is CC(C)CCOCCNC1CCCOCC1. The summed E-state index contributed by atoms with van der Waals surface area (Å²) >= 11 is 0. The Morgan fingerprint density at radius 2 is 2.12 bits per heavy atom. The molecule has 1 aliphatic heterocycles. The highest BCUT2D eigenvalue weighted by molar-refractivity contribution is 4.68. The summed E-state index contributed by atoms with van der Waals surface area (Å²) < 4.78 is 11.0. The number of hydrogen-bond donors (Lipinski definition) is 1. The standard InChI is InChI=1S/C13H27NO2/c1-12(2)5-9-16-11-7-14-13-4-3-8-15-10-6-13/h12-14H,3-11H2,1-2H3. The minimum absolute atomic E-state index is 0.635. The molecule has 1 atom stereocenters. The van der Waals surface area contributed by atoms with Gasteiger partial charge >= 0.3 is 0 Å². The van der Waals surface area contributed by atoms with Crippen molar-refractivity contribution in [3.63, 3.8) is 0 Å². The number of ether oxygens (including phenoxy) is 2. The van der Waals surface area contributed by atoms with Crippen molar-refractivity contribution in [2.24, 2.45) is 5.92 Å². The van der Waals surface area contributed by atoms with Crippen molar-refractivity contribution in [1.29, 1.82) is 0 Å². The minimum Gasteiger partial charge on any atom is -0.381 e. The van der Waals surface area contributed by atoms with Gasteiger partial charge in [-0.25, -0.2) is 0 Å². The molecule has 3 heteroatoms. The lowest BCUT2D eigenvalue weighted by Gasteiger charge is -2.15. The van der Waals surface area contributed by atoms with Crippen molar-refractivity contribution in [3.05, 3.63) is 0 Å². The Kier molecular flexibility index (Phi) is 7.81. The van der Waals surface area contributed by atoms with Gasteiger partial charge < -0.3 is 14.8 Å². The predicted molar refractivity (Wildman–Crippen MR) is 66.7 cm³/mol. The molecule has 0 aromatic carbocycles. The number of nitrogens with one attached hydrogen (secondary N) is 1. The molecule has 0 aliphatic carbocycles. The lowest BCUT2D eigenvalue weighted by Crippen LogP contribution is -2.32. The quantitative estimate of drug-likeness (QED) is 0.679. The molecule has 1 unspecified atom stereocenters. The third-order valence-electron chi connectivity index (χ3n) is 2.97. The zero-order chi connectivity index (χ0) is 11.6. The van der Waals surface area contributed by atoms with Gasteiger partial charge in [0.05, 0.1) is 6.61 Å². The maximum atomic E-state index is 5.57. The van der Waals surface area contributed by atoms with E-state index >= 15 is 0 Å². The summed E-state index contributed by atoms with van der Waals surface area (Å²) in [5, 5.41) is 3.54. The highest BCUT2D eigenvalue weighted by Gasteiger charge is 2.10. The van der Waals surface area contributed by atoms with Crippen molar-refractivity contribution in [3.8, 4) is 0 Å². The monoisotopic (exact) mass is 229 g/mol. The number of rotatable bonds is 7. The van der Waals surface area contributed by atoms with E-state index in [1.807, 2.05) is 0 Å². The van der Waals surface area contributed by atoms with Crippen molar-refractivity contribution >= 4 is 0 Å². The first-order valence-electron chi connectivity index (χ1n) is 6.68. The molecule has 0 aromatic rings. The van der Waals surface area contributed by atoms with E-state index in [0.29, 0.717) is 6.04 Å². The molecule has 96 valence electrons. The summed E-state index contributed by atoms with van der Waals surface area (Å²) in [6, 6.07) is 0.635. The average molecular weight is 229 g/mol. The smallest absolute Gasteiger partial charge is 0.0591 e. The third kappa shape index (κ3) is 7.20. The summed E-state index contributed by atoms with van der Waals surface area (Å²) in [7, 11) is 0. The lowest BCUT2D eigenvalue weighted by molar-refractivity contribution is 0.121. The fraction of sp³-hybridized carbons (Fsp3) is 1.00. The van der Waals surface area contributed by atoms with E-state index in [2.05, 4.69) is 19.2 Å². The maximum absolute atomic E-state index is 5.57. The van der Waals surface area contributed by atoms with Crippen LogP contribution in [0.25, 0.3) is 0 Å². The van der Waals surface area contributed by atoms with Crippen LogP contribution in [0.1, 0.15) is 39.5 Å². The van der Waals surface area contributed by atoms with Crippen molar-refractivity contribution < 1.29 is 9.47 Å². The van der Waals surface area contributed by atoms with Gasteiger partial charge in [-0.15, -0.1) is 0 Å². The van der Waals surface area contributed by atoms with Gasteiger partial charge in [-0.2, -0.15) is 0 Å². The van der Waals surface area contributed by atoms with E-state index in [1.54, 1.807) is 0 Å². The first kappa shape index (κ1) is 13.9. The topological polar surface area (TPSA) is 30.5 Å². The van der Waals surface area contributed by atoms with Crippen LogP contribution >= 0.6 is 0 Å². The van der Waals surface area contributed by atoms with E-state index < -0.39 is 0 Å². The second-order valence-corrected chi connectivity index (χ2v) is 4.99. The molecule has 1 fully saturated rings. The molecule has 1 N–H and O–H groups in total. The normalized spacial score (nSPS) is 22.3. The van der Waals surface area contributed by atoms with Crippen LogP contribution in [0.2, 0.25) is 0 Å². The van der Waals surface area contributed by atoms with Crippen molar-refractivity contribution in [2.75, 3.05) is 33.0 Å². The van der Waals surface area contributed by atoms with Gasteiger partial charge in [0.1, 0.15) is 0 Å². The van der Waals surface area contributed by atoms with Crippen molar-refractivity contribution in [1.82, 2.24) is 5.32 Å². The summed E-state index contributed by atoms with van der Waals surface area (Å²) in [6.45, 7) is 9.01. The van der Waals surface area contributed by atoms with E-state index in [-0.39, 0.29) is 0 Å². The lowest BCUT2D eigenvalue weighted by atomic mass is 10.1. The Morgan fingerprint density at radius 3 is 2.94 bits per heavy atom. The predicted octanol–water partition coefficient (Wildman–Crippen LogP) is 2.21. The summed E-state index contributed by atoms with van der Waals surface area (Å²) in [4.78, 5) is 0. The molecular weight excluding hydrogens is 202 g/mol. The van der Waals surface area contributed by atoms with E-state index in [0.717, 1.165) is 51.7 Å². The molecule has 0 spiro atoms. The summed E-state index contributed by atoms with van der Waals surface area (Å²) in [5.41, 5.74) is 0.